The van der Waals surface area contributed by atoms with Crippen molar-refractivity contribution in [3.05, 3.63) is 16.1 Å². The second kappa shape index (κ2) is 6.64. The quantitative estimate of drug-likeness (QED) is 0.660. The molecule has 2 rings (SSSR count). The summed E-state index contributed by atoms with van der Waals surface area (Å²) in [4.78, 5) is 6.66. The summed E-state index contributed by atoms with van der Waals surface area (Å²) in [5.41, 5.74) is 2.51. The molecule has 1 aromatic heterocycles. The minimum Gasteiger partial charge on any atom is -0.355 e. The molecule has 106 valence electrons. The number of hydrogen-bond donors (Lipinski definition) is 2. The molecule has 0 saturated carbocycles. The van der Waals surface area contributed by atoms with E-state index in [1.54, 1.807) is 6.07 Å². The van der Waals surface area contributed by atoms with Crippen LogP contribution in [0.5, 0.6) is 0 Å². The van der Waals surface area contributed by atoms with Gasteiger partial charge >= 0.3 is 0 Å². The third kappa shape index (κ3) is 3.44. The highest BCUT2D eigenvalue weighted by Gasteiger charge is 2.20. The summed E-state index contributed by atoms with van der Waals surface area (Å²) in [6.45, 7) is 4.22. The molecule has 4 nitrogen and oxygen atoms in total. The lowest BCUT2D eigenvalue weighted by Crippen LogP contribution is -2.26. The van der Waals surface area contributed by atoms with Gasteiger partial charge in [-0.05, 0) is 31.2 Å². The van der Waals surface area contributed by atoms with E-state index in [0.717, 1.165) is 24.8 Å². The normalized spacial score (nSPS) is 20.2. The molecule has 1 aliphatic heterocycles. The van der Waals surface area contributed by atoms with Gasteiger partial charge < -0.3 is 10.3 Å². The first-order valence-electron chi connectivity index (χ1n) is 6.73. The first-order chi connectivity index (χ1) is 9.15. The number of anilines is 2. The number of aromatic nitrogens is 1. The van der Waals surface area contributed by atoms with Crippen molar-refractivity contribution in [3.63, 3.8) is 0 Å². The number of hydrogen-bond acceptors (Lipinski definition) is 4. The number of rotatable bonds is 3. The number of nitrogens with one attached hydrogen (secondary N) is 1. The number of nitrogens with two attached hydrogens (primary N) is 1. The highest BCUT2D eigenvalue weighted by atomic mass is 35.5. The summed E-state index contributed by atoms with van der Waals surface area (Å²) in [6, 6.07) is 1.70. The Morgan fingerprint density at radius 1 is 1.37 bits per heavy atom. The van der Waals surface area contributed by atoms with Crippen LogP contribution in [-0.2, 0) is 0 Å². The average Bonchev–Trinajstić information content (AvgIpc) is 2.64. The Bertz CT molecular complexity index is 439. The molecule has 3 N–H and O–H groups in total. The number of hydrazine groups is 1. The van der Waals surface area contributed by atoms with Crippen LogP contribution >= 0.6 is 23.2 Å². The zero-order valence-corrected chi connectivity index (χ0v) is 12.6. The molecular weight excluding hydrogens is 283 g/mol. The monoisotopic (exact) mass is 302 g/mol. The summed E-state index contributed by atoms with van der Waals surface area (Å²) < 4.78 is 0. The van der Waals surface area contributed by atoms with E-state index >= 15 is 0 Å². The lowest BCUT2D eigenvalue weighted by molar-refractivity contribution is 0.459. The van der Waals surface area contributed by atoms with Crippen molar-refractivity contribution in [2.75, 3.05) is 23.4 Å². The van der Waals surface area contributed by atoms with Crippen LogP contribution < -0.4 is 16.2 Å². The van der Waals surface area contributed by atoms with Crippen LogP contribution in [-0.4, -0.2) is 18.1 Å². The van der Waals surface area contributed by atoms with Crippen LogP contribution in [0.1, 0.15) is 32.6 Å². The number of halogens is 2. The van der Waals surface area contributed by atoms with Crippen molar-refractivity contribution in [1.82, 2.24) is 4.98 Å². The minimum atomic E-state index is 0.442. The molecule has 0 amide bonds. The van der Waals surface area contributed by atoms with Gasteiger partial charge in [-0.1, -0.05) is 36.5 Å². The summed E-state index contributed by atoms with van der Waals surface area (Å²) in [5, 5.41) is 1.02. The molecule has 1 unspecified atom stereocenters. The Hall–Kier alpha value is -0.710. The van der Waals surface area contributed by atoms with Crippen LogP contribution in [0, 0.1) is 5.92 Å². The Morgan fingerprint density at radius 2 is 2.16 bits per heavy atom. The summed E-state index contributed by atoms with van der Waals surface area (Å²) >= 11 is 12.3. The Labute approximate surface area is 124 Å². The average molecular weight is 303 g/mol. The van der Waals surface area contributed by atoms with Gasteiger partial charge in [-0.25, -0.2) is 10.8 Å². The Kier molecular flexibility index (Phi) is 5.13. The second-order valence-electron chi connectivity index (χ2n) is 4.96. The molecule has 0 aliphatic carbocycles. The van der Waals surface area contributed by atoms with E-state index in [1.807, 2.05) is 0 Å². The van der Waals surface area contributed by atoms with E-state index in [0.29, 0.717) is 15.9 Å². The third-order valence-electron chi connectivity index (χ3n) is 3.77. The summed E-state index contributed by atoms with van der Waals surface area (Å²) in [5.74, 6) is 7.47. The molecule has 1 fully saturated rings. The minimum absolute atomic E-state index is 0.442. The van der Waals surface area contributed by atoms with E-state index in [1.165, 1.54) is 25.7 Å². The number of pyridine rings is 1. The maximum atomic E-state index is 6.26. The van der Waals surface area contributed by atoms with Crippen molar-refractivity contribution < 1.29 is 0 Å². The first kappa shape index (κ1) is 14.7. The van der Waals surface area contributed by atoms with Gasteiger partial charge in [0.25, 0.3) is 0 Å². The molecule has 6 heteroatoms. The topological polar surface area (TPSA) is 54.2 Å². The summed E-state index contributed by atoms with van der Waals surface area (Å²) in [6.07, 6.45) is 4.87. The third-order valence-corrected chi connectivity index (χ3v) is 4.34. The van der Waals surface area contributed by atoms with Gasteiger partial charge in [0.2, 0.25) is 0 Å². The van der Waals surface area contributed by atoms with E-state index in [2.05, 4.69) is 22.2 Å². The fraction of sp³-hybridized carbons (Fsp3) is 0.615. The van der Waals surface area contributed by atoms with Gasteiger partial charge in [-0.15, -0.1) is 0 Å². The van der Waals surface area contributed by atoms with Gasteiger partial charge in [0.05, 0.1) is 10.0 Å². The fourth-order valence-corrected chi connectivity index (χ4v) is 3.10. The van der Waals surface area contributed by atoms with Crippen LogP contribution in [0.4, 0.5) is 11.6 Å². The predicted octanol–water partition coefficient (Wildman–Crippen LogP) is 3.69. The molecule has 19 heavy (non-hydrogen) atoms. The van der Waals surface area contributed by atoms with Crippen molar-refractivity contribution >= 4 is 34.8 Å². The molecule has 0 aromatic carbocycles. The van der Waals surface area contributed by atoms with Crippen molar-refractivity contribution in [2.45, 2.75) is 32.6 Å². The Balaban J connectivity index is 2.21. The van der Waals surface area contributed by atoms with E-state index < -0.39 is 0 Å². The zero-order chi connectivity index (χ0) is 13.8. The molecule has 1 atom stereocenters. The van der Waals surface area contributed by atoms with Crippen LogP contribution in [0.25, 0.3) is 0 Å². The van der Waals surface area contributed by atoms with Crippen LogP contribution in [0.3, 0.4) is 0 Å². The highest BCUT2D eigenvalue weighted by Crippen LogP contribution is 2.33. The van der Waals surface area contributed by atoms with E-state index in [-0.39, 0.29) is 0 Å². The van der Waals surface area contributed by atoms with Gasteiger partial charge in [0.1, 0.15) is 5.82 Å². The van der Waals surface area contributed by atoms with Gasteiger partial charge in [-0.2, -0.15) is 0 Å². The molecule has 1 saturated heterocycles. The molecule has 1 aliphatic rings. The van der Waals surface area contributed by atoms with E-state index in [9.17, 15) is 0 Å². The molecule has 1 aromatic rings. The molecule has 2 heterocycles. The van der Waals surface area contributed by atoms with Gasteiger partial charge in [0, 0.05) is 13.1 Å². The SMILES string of the molecule is CCC1CCCN(c2nc(NN)c(Cl)cc2Cl)CC1. The van der Waals surface area contributed by atoms with Gasteiger partial charge in [-0.3, -0.25) is 0 Å². The number of nitrogens with zero attached hydrogens (tertiary/aromatic N) is 2. The van der Waals surface area contributed by atoms with Crippen molar-refractivity contribution in [3.8, 4) is 0 Å². The molecule has 0 radical (unpaired) electrons. The second-order valence-corrected chi connectivity index (χ2v) is 5.78. The van der Waals surface area contributed by atoms with Crippen molar-refractivity contribution in [1.29, 1.82) is 0 Å². The maximum Gasteiger partial charge on any atom is 0.161 e. The fourth-order valence-electron chi connectivity index (χ4n) is 2.57. The van der Waals surface area contributed by atoms with Gasteiger partial charge in [0.15, 0.2) is 5.82 Å². The first-order valence-corrected chi connectivity index (χ1v) is 7.49. The lowest BCUT2D eigenvalue weighted by Gasteiger charge is -2.23. The van der Waals surface area contributed by atoms with Crippen molar-refractivity contribution in [2.24, 2.45) is 11.8 Å². The predicted molar refractivity (Wildman–Crippen MR) is 81.9 cm³/mol. The Morgan fingerprint density at radius 3 is 2.84 bits per heavy atom. The van der Waals surface area contributed by atoms with Crippen LogP contribution in [0.15, 0.2) is 6.07 Å². The van der Waals surface area contributed by atoms with E-state index in [4.69, 9.17) is 29.0 Å². The van der Waals surface area contributed by atoms with Crippen LogP contribution in [0.2, 0.25) is 10.0 Å². The molecule has 0 bridgehead atoms. The molecule has 0 spiro atoms. The summed E-state index contributed by atoms with van der Waals surface area (Å²) in [7, 11) is 0. The number of nitrogen functional groups attached to an aromatic ring is 1. The molecular formula is C13H20Cl2N4. The standard InChI is InChI=1S/C13H20Cl2N4/c1-2-9-4-3-6-19(7-5-9)13-11(15)8-10(14)12(17-13)18-16/h8-9H,2-7,16H2,1H3,(H,17,18). The smallest absolute Gasteiger partial charge is 0.161 e. The maximum absolute atomic E-state index is 6.26. The lowest BCUT2D eigenvalue weighted by atomic mass is 9.98. The largest absolute Gasteiger partial charge is 0.355 e. The highest BCUT2D eigenvalue weighted by molar-refractivity contribution is 6.37. The zero-order valence-electron chi connectivity index (χ0n) is 11.1.